The smallest absolute Gasteiger partial charge is 0.254 e. The summed E-state index contributed by atoms with van der Waals surface area (Å²) in [5.41, 5.74) is 0.519. The van der Waals surface area contributed by atoms with Gasteiger partial charge in [-0.05, 0) is 31.5 Å². The molecule has 0 bridgehead atoms. The van der Waals surface area contributed by atoms with Crippen molar-refractivity contribution in [3.05, 3.63) is 41.3 Å². The molecular weight excluding hydrogens is 354 g/mol. The number of hydrogen-bond donors (Lipinski definition) is 2. The van der Waals surface area contributed by atoms with Gasteiger partial charge >= 0.3 is 0 Å². The van der Waals surface area contributed by atoms with E-state index in [0.29, 0.717) is 25.3 Å². The molecule has 1 saturated heterocycles. The number of carbonyl (C=O) groups excluding carboxylic acids is 1. The number of hydrogen-bond acceptors (Lipinski definition) is 6. The van der Waals surface area contributed by atoms with Gasteiger partial charge in [-0.15, -0.1) is 0 Å². The third kappa shape index (κ3) is 4.11. The van der Waals surface area contributed by atoms with Crippen LogP contribution in [0.15, 0.2) is 24.4 Å². The summed E-state index contributed by atoms with van der Waals surface area (Å²) in [7, 11) is 0. The molecule has 7 nitrogen and oxygen atoms in total. The Balaban J connectivity index is 1.78. The van der Waals surface area contributed by atoms with Crippen molar-refractivity contribution in [3.8, 4) is 6.07 Å². The number of anilines is 3. The molecule has 0 unspecified atom stereocenters. The summed E-state index contributed by atoms with van der Waals surface area (Å²) in [4.78, 5) is 21.8. The molecule has 1 aliphatic rings. The number of halogens is 2. The summed E-state index contributed by atoms with van der Waals surface area (Å²) in [5, 5.41) is 14.7. The zero-order chi connectivity index (χ0) is 19.4. The Hall–Kier alpha value is -3.28. The molecule has 9 heteroatoms. The summed E-state index contributed by atoms with van der Waals surface area (Å²) in [6.45, 7) is 2.78. The van der Waals surface area contributed by atoms with Crippen molar-refractivity contribution in [1.82, 2.24) is 14.9 Å². The number of nitriles is 1. The fourth-order valence-corrected chi connectivity index (χ4v) is 2.78. The third-order valence-electron chi connectivity index (χ3n) is 4.13. The molecule has 0 aliphatic carbocycles. The maximum Gasteiger partial charge on any atom is 0.254 e. The molecule has 2 aromatic rings. The lowest BCUT2D eigenvalue weighted by atomic mass is 10.1. The Morgan fingerprint density at radius 1 is 1.48 bits per heavy atom. The Kier molecular flexibility index (Phi) is 5.45. The van der Waals surface area contributed by atoms with Crippen molar-refractivity contribution in [2.24, 2.45) is 0 Å². The second-order valence-electron chi connectivity index (χ2n) is 6.05. The standard InChI is InChI=1S/C18H18F2N6O/c1-2-22-16-12(8-21)9-23-18(25-16)24-15-4-3-11(7-14(15)20)17(27)26-6-5-13(19)10-26/h3-4,7,9,13H,2,5-6,10H2,1H3,(H2,22,23,24,25)/t13-/m0/s1. The predicted molar refractivity (Wildman–Crippen MR) is 96.0 cm³/mol. The van der Waals surface area contributed by atoms with Gasteiger partial charge in [-0.2, -0.15) is 10.2 Å². The third-order valence-corrected chi connectivity index (χ3v) is 4.13. The molecule has 0 saturated carbocycles. The van der Waals surface area contributed by atoms with E-state index >= 15 is 0 Å². The number of likely N-dealkylation sites (tertiary alicyclic amines) is 1. The van der Waals surface area contributed by atoms with Gasteiger partial charge in [0.2, 0.25) is 5.95 Å². The zero-order valence-electron chi connectivity index (χ0n) is 14.7. The molecule has 1 amide bonds. The number of nitrogens with one attached hydrogen (secondary N) is 2. The van der Waals surface area contributed by atoms with E-state index in [1.54, 1.807) is 0 Å². The maximum absolute atomic E-state index is 14.4. The topological polar surface area (TPSA) is 93.9 Å². The van der Waals surface area contributed by atoms with Crippen molar-refractivity contribution in [1.29, 1.82) is 5.26 Å². The van der Waals surface area contributed by atoms with E-state index in [1.807, 2.05) is 13.0 Å². The monoisotopic (exact) mass is 372 g/mol. The van der Waals surface area contributed by atoms with E-state index in [-0.39, 0.29) is 29.3 Å². The van der Waals surface area contributed by atoms with Crippen molar-refractivity contribution in [2.75, 3.05) is 30.3 Å². The fraction of sp³-hybridized carbons (Fsp3) is 0.333. The molecule has 1 fully saturated rings. The lowest BCUT2D eigenvalue weighted by Crippen LogP contribution is -2.29. The highest BCUT2D eigenvalue weighted by atomic mass is 19.1. The largest absolute Gasteiger partial charge is 0.369 e. The van der Waals surface area contributed by atoms with Crippen LogP contribution in [0.1, 0.15) is 29.3 Å². The van der Waals surface area contributed by atoms with E-state index < -0.39 is 17.9 Å². The van der Waals surface area contributed by atoms with Crippen LogP contribution in [0.5, 0.6) is 0 Å². The molecule has 2 heterocycles. The molecule has 0 spiro atoms. The minimum Gasteiger partial charge on any atom is -0.369 e. The van der Waals surface area contributed by atoms with Crippen LogP contribution in [0.4, 0.5) is 26.2 Å². The first-order valence-corrected chi connectivity index (χ1v) is 8.52. The SMILES string of the molecule is CCNc1nc(Nc2ccc(C(=O)N3CC[C@H](F)C3)cc2F)ncc1C#N. The van der Waals surface area contributed by atoms with E-state index in [2.05, 4.69) is 20.6 Å². The van der Waals surface area contributed by atoms with Crippen LogP contribution < -0.4 is 10.6 Å². The van der Waals surface area contributed by atoms with Gasteiger partial charge in [0.25, 0.3) is 5.91 Å². The Morgan fingerprint density at radius 3 is 2.93 bits per heavy atom. The minimum absolute atomic E-state index is 0.0345. The molecule has 1 aromatic heterocycles. The van der Waals surface area contributed by atoms with Crippen LogP contribution in [0.2, 0.25) is 0 Å². The molecule has 1 aliphatic heterocycles. The van der Waals surface area contributed by atoms with Gasteiger partial charge in [0.1, 0.15) is 29.4 Å². The van der Waals surface area contributed by atoms with Crippen LogP contribution in [-0.4, -0.2) is 46.6 Å². The van der Waals surface area contributed by atoms with Crippen LogP contribution in [-0.2, 0) is 0 Å². The lowest BCUT2D eigenvalue weighted by Gasteiger charge is -2.16. The van der Waals surface area contributed by atoms with Crippen LogP contribution in [0.25, 0.3) is 0 Å². The van der Waals surface area contributed by atoms with Crippen LogP contribution >= 0.6 is 0 Å². The molecule has 2 N–H and O–H groups in total. The zero-order valence-corrected chi connectivity index (χ0v) is 14.7. The van der Waals surface area contributed by atoms with Crippen molar-refractivity contribution < 1.29 is 13.6 Å². The van der Waals surface area contributed by atoms with Gasteiger partial charge in [0.05, 0.1) is 18.4 Å². The second kappa shape index (κ2) is 7.95. The van der Waals surface area contributed by atoms with E-state index in [4.69, 9.17) is 5.26 Å². The first kappa shape index (κ1) is 18.5. The molecule has 27 heavy (non-hydrogen) atoms. The highest BCUT2D eigenvalue weighted by molar-refractivity contribution is 5.94. The summed E-state index contributed by atoms with van der Waals surface area (Å²) >= 11 is 0. The molecule has 1 aromatic carbocycles. The fourth-order valence-electron chi connectivity index (χ4n) is 2.78. The molecule has 3 rings (SSSR count). The Labute approximate surface area is 155 Å². The molecule has 0 radical (unpaired) electrons. The predicted octanol–water partition coefficient (Wildman–Crippen LogP) is 2.85. The van der Waals surface area contributed by atoms with Gasteiger partial charge in [-0.25, -0.2) is 13.8 Å². The maximum atomic E-state index is 14.4. The van der Waals surface area contributed by atoms with Crippen LogP contribution in [0.3, 0.4) is 0 Å². The summed E-state index contributed by atoms with van der Waals surface area (Å²) in [6.07, 6.45) is 0.612. The minimum atomic E-state index is -1.03. The number of benzene rings is 1. The number of aromatic nitrogens is 2. The first-order valence-electron chi connectivity index (χ1n) is 8.52. The van der Waals surface area contributed by atoms with Gasteiger partial charge < -0.3 is 15.5 Å². The van der Waals surface area contributed by atoms with Crippen molar-refractivity contribution in [2.45, 2.75) is 19.5 Å². The van der Waals surface area contributed by atoms with Crippen LogP contribution in [0, 0.1) is 17.1 Å². The molecular formula is C18H18F2N6O. The Bertz CT molecular complexity index is 898. The van der Waals surface area contributed by atoms with Gasteiger partial charge in [0.15, 0.2) is 0 Å². The highest BCUT2D eigenvalue weighted by Gasteiger charge is 2.27. The van der Waals surface area contributed by atoms with Gasteiger partial charge in [-0.1, -0.05) is 0 Å². The number of alkyl halides is 1. The Morgan fingerprint density at radius 2 is 2.30 bits per heavy atom. The summed E-state index contributed by atoms with van der Waals surface area (Å²) in [6, 6.07) is 5.95. The second-order valence-corrected chi connectivity index (χ2v) is 6.05. The first-order chi connectivity index (χ1) is 13.0. The van der Waals surface area contributed by atoms with E-state index in [0.717, 1.165) is 6.07 Å². The average molecular weight is 372 g/mol. The van der Waals surface area contributed by atoms with E-state index in [9.17, 15) is 13.6 Å². The van der Waals surface area contributed by atoms with Gasteiger partial charge in [-0.3, -0.25) is 4.79 Å². The quantitative estimate of drug-likeness (QED) is 0.838. The summed E-state index contributed by atoms with van der Waals surface area (Å²) in [5.74, 6) is -0.596. The number of carbonyl (C=O) groups is 1. The number of rotatable bonds is 5. The lowest BCUT2D eigenvalue weighted by molar-refractivity contribution is 0.0782. The van der Waals surface area contributed by atoms with E-state index in [1.165, 1.54) is 23.2 Å². The molecule has 1 atom stereocenters. The number of nitrogens with zero attached hydrogens (tertiary/aromatic N) is 4. The highest BCUT2D eigenvalue weighted by Crippen LogP contribution is 2.23. The summed E-state index contributed by atoms with van der Waals surface area (Å²) < 4.78 is 27.7. The van der Waals surface area contributed by atoms with Crippen molar-refractivity contribution >= 4 is 23.4 Å². The van der Waals surface area contributed by atoms with Gasteiger partial charge in [0, 0.05) is 18.7 Å². The average Bonchev–Trinajstić information content (AvgIpc) is 3.10. The number of amides is 1. The molecule has 140 valence electrons. The van der Waals surface area contributed by atoms with Crippen molar-refractivity contribution in [3.63, 3.8) is 0 Å². The normalized spacial score (nSPS) is 16.1.